The van der Waals surface area contributed by atoms with E-state index in [1.165, 1.54) is 42.5 Å². The van der Waals surface area contributed by atoms with Gasteiger partial charge < -0.3 is 10.3 Å². The van der Waals surface area contributed by atoms with Gasteiger partial charge in [-0.3, -0.25) is 0 Å². The summed E-state index contributed by atoms with van der Waals surface area (Å²) in [6.45, 7) is 0. The molecule has 2 aliphatic carbocycles. The van der Waals surface area contributed by atoms with Gasteiger partial charge in [0.2, 0.25) is 0 Å². The van der Waals surface area contributed by atoms with E-state index in [9.17, 15) is 0 Å². The van der Waals surface area contributed by atoms with E-state index in [0.29, 0.717) is 12.0 Å². The molecule has 0 amide bonds. The Kier molecular flexibility index (Phi) is 2.90. The molecular weight excluding hydrogens is 284 g/mol. The first-order chi connectivity index (χ1) is 11.4. The minimum atomic E-state index is 0.345. The molecule has 2 heterocycles. The Labute approximate surface area is 135 Å². The highest BCUT2D eigenvalue weighted by molar-refractivity contribution is 5.88. The Hall–Kier alpha value is -2.36. The molecule has 1 saturated carbocycles. The van der Waals surface area contributed by atoms with E-state index in [1.807, 2.05) is 0 Å². The van der Waals surface area contributed by atoms with Crippen LogP contribution in [0.2, 0.25) is 0 Å². The van der Waals surface area contributed by atoms with Crippen molar-refractivity contribution < 1.29 is 0 Å². The van der Waals surface area contributed by atoms with E-state index in [4.69, 9.17) is 0 Å². The van der Waals surface area contributed by atoms with Crippen LogP contribution in [0.1, 0.15) is 54.5 Å². The van der Waals surface area contributed by atoms with Crippen molar-refractivity contribution in [2.24, 2.45) is 0 Å². The molecule has 0 radical (unpaired) electrons. The highest BCUT2D eigenvalue weighted by Gasteiger charge is 2.26. The van der Waals surface area contributed by atoms with Crippen LogP contribution in [-0.2, 0) is 6.42 Å². The molecule has 0 saturated heterocycles. The van der Waals surface area contributed by atoms with Crippen molar-refractivity contribution in [3.8, 4) is 0 Å². The molecule has 5 rings (SSSR count). The molecule has 2 aromatic heterocycles. The van der Waals surface area contributed by atoms with Gasteiger partial charge in [0.25, 0.3) is 0 Å². The summed E-state index contributed by atoms with van der Waals surface area (Å²) < 4.78 is 0. The van der Waals surface area contributed by atoms with Crippen LogP contribution < -0.4 is 5.32 Å². The molecule has 0 unspecified atom stereocenters. The number of H-pyrrole nitrogens is 1. The molecule has 0 bridgehead atoms. The first-order valence-corrected chi connectivity index (χ1v) is 8.56. The standard InChI is InChI=1S/C19H20N4/c1-2-6-14-12(4-1)5-3-7-16(14)22-18-15-10-17(13-8-9-13)23-19(15)21-11-20-18/h1-2,4,6,10-11,13,16H,3,5,7-9H2,(H2,20,21,22,23)/t16-/m1/s1. The summed E-state index contributed by atoms with van der Waals surface area (Å²) >= 11 is 0. The maximum atomic E-state index is 4.52. The largest absolute Gasteiger partial charge is 0.363 e. The Balaban J connectivity index is 1.52. The van der Waals surface area contributed by atoms with Crippen LogP contribution in [0.3, 0.4) is 0 Å². The van der Waals surface area contributed by atoms with Crippen LogP contribution in [0.15, 0.2) is 36.7 Å². The van der Waals surface area contributed by atoms with Gasteiger partial charge in [0.05, 0.1) is 11.4 Å². The van der Waals surface area contributed by atoms with Gasteiger partial charge in [0.15, 0.2) is 0 Å². The van der Waals surface area contributed by atoms with Gasteiger partial charge in [-0.2, -0.15) is 0 Å². The molecule has 1 atom stereocenters. The predicted octanol–water partition coefficient (Wildman–Crippen LogP) is 4.32. The van der Waals surface area contributed by atoms with Gasteiger partial charge in [-0.05, 0) is 55.2 Å². The van der Waals surface area contributed by atoms with Crippen molar-refractivity contribution in [2.45, 2.75) is 44.1 Å². The molecule has 0 spiro atoms. The molecule has 3 aromatic rings. The molecule has 2 N–H and O–H groups in total. The number of benzene rings is 1. The Bertz CT molecular complexity index is 863. The molecule has 1 aromatic carbocycles. The lowest BCUT2D eigenvalue weighted by Crippen LogP contribution is -2.18. The lowest BCUT2D eigenvalue weighted by Gasteiger charge is -2.26. The van der Waals surface area contributed by atoms with Crippen molar-refractivity contribution in [3.05, 3.63) is 53.5 Å². The van der Waals surface area contributed by atoms with E-state index >= 15 is 0 Å². The van der Waals surface area contributed by atoms with E-state index in [2.05, 4.69) is 50.6 Å². The number of anilines is 1. The fraction of sp³-hybridized carbons (Fsp3) is 0.368. The van der Waals surface area contributed by atoms with Gasteiger partial charge in [-0.25, -0.2) is 9.97 Å². The lowest BCUT2D eigenvalue weighted by molar-refractivity contribution is 0.599. The smallest absolute Gasteiger partial charge is 0.143 e. The van der Waals surface area contributed by atoms with Crippen LogP contribution >= 0.6 is 0 Å². The minimum Gasteiger partial charge on any atom is -0.363 e. The monoisotopic (exact) mass is 304 g/mol. The summed E-state index contributed by atoms with van der Waals surface area (Å²) in [5.74, 6) is 1.66. The van der Waals surface area contributed by atoms with Crippen LogP contribution in [-0.4, -0.2) is 15.0 Å². The molecular formula is C19H20N4. The highest BCUT2D eigenvalue weighted by Crippen LogP contribution is 2.41. The SMILES string of the molecule is c1ccc2c(c1)CCC[C@H]2Nc1ncnc2[nH]c(C3CC3)cc12. The number of rotatable bonds is 3. The average Bonchev–Trinajstić information content (AvgIpc) is 3.34. The molecule has 23 heavy (non-hydrogen) atoms. The Morgan fingerprint density at radius 3 is 2.91 bits per heavy atom. The second-order valence-corrected chi connectivity index (χ2v) is 6.77. The maximum absolute atomic E-state index is 4.52. The second kappa shape index (κ2) is 5.08. The number of fused-ring (bicyclic) bond motifs is 2. The third kappa shape index (κ3) is 2.29. The second-order valence-electron chi connectivity index (χ2n) is 6.77. The zero-order chi connectivity index (χ0) is 15.2. The summed E-state index contributed by atoms with van der Waals surface area (Å²) in [7, 11) is 0. The summed E-state index contributed by atoms with van der Waals surface area (Å²) in [5, 5.41) is 4.80. The highest BCUT2D eigenvalue weighted by atomic mass is 15.1. The van der Waals surface area contributed by atoms with E-state index < -0.39 is 0 Å². The van der Waals surface area contributed by atoms with Crippen molar-refractivity contribution in [1.29, 1.82) is 0 Å². The third-order valence-electron chi connectivity index (χ3n) is 5.14. The van der Waals surface area contributed by atoms with Crippen molar-refractivity contribution in [3.63, 3.8) is 0 Å². The van der Waals surface area contributed by atoms with Gasteiger partial charge in [-0.15, -0.1) is 0 Å². The maximum Gasteiger partial charge on any atom is 0.143 e. The van der Waals surface area contributed by atoms with E-state index in [0.717, 1.165) is 23.3 Å². The fourth-order valence-corrected chi connectivity index (χ4v) is 3.76. The van der Waals surface area contributed by atoms with Gasteiger partial charge in [-0.1, -0.05) is 24.3 Å². The molecule has 4 heteroatoms. The number of hydrogen-bond acceptors (Lipinski definition) is 3. The number of nitrogens with one attached hydrogen (secondary N) is 2. The van der Waals surface area contributed by atoms with Gasteiger partial charge >= 0.3 is 0 Å². The molecule has 0 aliphatic heterocycles. The lowest BCUT2D eigenvalue weighted by atomic mass is 9.88. The zero-order valence-corrected chi connectivity index (χ0v) is 13.0. The van der Waals surface area contributed by atoms with Crippen LogP contribution in [0.5, 0.6) is 0 Å². The van der Waals surface area contributed by atoms with E-state index in [1.54, 1.807) is 6.33 Å². The van der Waals surface area contributed by atoms with Gasteiger partial charge in [0, 0.05) is 5.69 Å². The Morgan fingerprint density at radius 1 is 1.09 bits per heavy atom. The summed E-state index contributed by atoms with van der Waals surface area (Å²) in [5.41, 5.74) is 5.15. The number of aromatic amines is 1. The normalized spacial score (nSPS) is 20.4. The topological polar surface area (TPSA) is 53.6 Å². The zero-order valence-electron chi connectivity index (χ0n) is 13.0. The fourth-order valence-electron chi connectivity index (χ4n) is 3.76. The number of aryl methyl sites for hydroxylation is 1. The molecule has 1 fully saturated rings. The van der Waals surface area contributed by atoms with E-state index in [-0.39, 0.29) is 0 Å². The first-order valence-electron chi connectivity index (χ1n) is 8.56. The number of aromatic nitrogens is 3. The molecule has 4 nitrogen and oxygen atoms in total. The minimum absolute atomic E-state index is 0.345. The summed E-state index contributed by atoms with van der Waals surface area (Å²) in [4.78, 5) is 12.4. The third-order valence-corrected chi connectivity index (χ3v) is 5.14. The molecule has 2 aliphatic rings. The number of hydrogen-bond donors (Lipinski definition) is 2. The molecule has 116 valence electrons. The Morgan fingerprint density at radius 2 is 2.00 bits per heavy atom. The number of nitrogens with zero attached hydrogens (tertiary/aromatic N) is 2. The van der Waals surface area contributed by atoms with Crippen LogP contribution in [0, 0.1) is 0 Å². The van der Waals surface area contributed by atoms with Crippen molar-refractivity contribution in [1.82, 2.24) is 15.0 Å². The average molecular weight is 304 g/mol. The van der Waals surface area contributed by atoms with Crippen molar-refractivity contribution in [2.75, 3.05) is 5.32 Å². The van der Waals surface area contributed by atoms with Crippen LogP contribution in [0.25, 0.3) is 11.0 Å². The van der Waals surface area contributed by atoms with Crippen molar-refractivity contribution >= 4 is 16.9 Å². The first kappa shape index (κ1) is 13.1. The quantitative estimate of drug-likeness (QED) is 0.757. The predicted molar refractivity (Wildman–Crippen MR) is 91.6 cm³/mol. The summed E-state index contributed by atoms with van der Waals surface area (Å²) in [6.07, 6.45) is 7.81. The summed E-state index contributed by atoms with van der Waals surface area (Å²) in [6, 6.07) is 11.4. The van der Waals surface area contributed by atoms with Gasteiger partial charge in [0.1, 0.15) is 17.8 Å². The van der Waals surface area contributed by atoms with Crippen LogP contribution in [0.4, 0.5) is 5.82 Å².